The van der Waals surface area contributed by atoms with Crippen molar-refractivity contribution >= 4 is 27.4 Å². The minimum atomic E-state index is -3.75. The lowest BCUT2D eigenvalue weighted by Crippen LogP contribution is -2.30. The normalized spacial score (nSPS) is 14.1. The maximum Gasteiger partial charge on any atom is 0.319 e. The number of anilines is 2. The monoisotopic (exact) mass is 424 g/mol. The van der Waals surface area contributed by atoms with E-state index in [4.69, 9.17) is 5.14 Å². The summed E-state index contributed by atoms with van der Waals surface area (Å²) in [5.41, 5.74) is 0.763. The van der Waals surface area contributed by atoms with E-state index in [1.807, 2.05) is 0 Å². The third-order valence-electron chi connectivity index (χ3n) is 4.65. The summed E-state index contributed by atoms with van der Waals surface area (Å²) >= 11 is 0. The van der Waals surface area contributed by atoms with E-state index < -0.39 is 27.7 Å². The molecule has 3 rings (SSSR count). The Morgan fingerprint density at radius 3 is 2.21 bits per heavy atom. The Balaban J connectivity index is 1.53. The molecule has 0 bridgehead atoms. The Kier molecular flexibility index (Phi) is 6.33. The first-order chi connectivity index (χ1) is 13.7. The molecule has 2 aromatic carbocycles. The molecule has 0 unspecified atom stereocenters. The Hall–Kier alpha value is -2.72. The van der Waals surface area contributed by atoms with Gasteiger partial charge in [-0.15, -0.1) is 0 Å². The number of rotatable bonds is 6. The molecule has 1 fully saturated rings. The van der Waals surface area contributed by atoms with E-state index in [2.05, 4.69) is 10.6 Å². The van der Waals surface area contributed by atoms with Crippen LogP contribution in [0.3, 0.4) is 0 Å². The van der Waals surface area contributed by atoms with E-state index in [1.54, 1.807) is 17.0 Å². The van der Waals surface area contributed by atoms with Crippen molar-refractivity contribution in [3.05, 3.63) is 53.6 Å². The number of sulfonamides is 1. The van der Waals surface area contributed by atoms with Crippen LogP contribution < -0.4 is 20.7 Å². The Morgan fingerprint density at radius 1 is 1.07 bits per heavy atom. The van der Waals surface area contributed by atoms with Gasteiger partial charge in [-0.05, 0) is 49.1 Å². The fourth-order valence-electron chi connectivity index (χ4n) is 3.22. The van der Waals surface area contributed by atoms with Gasteiger partial charge in [-0.1, -0.05) is 12.1 Å². The number of halogens is 2. The Bertz CT molecular complexity index is 968. The zero-order valence-corrected chi connectivity index (χ0v) is 16.4. The van der Waals surface area contributed by atoms with Crippen LogP contribution in [0.4, 0.5) is 25.0 Å². The highest BCUT2D eigenvalue weighted by atomic mass is 32.2. The van der Waals surface area contributed by atoms with Gasteiger partial charge in [0.25, 0.3) is 0 Å². The first kappa shape index (κ1) is 21.0. The summed E-state index contributed by atoms with van der Waals surface area (Å²) < 4.78 is 51.0. The lowest BCUT2D eigenvalue weighted by atomic mass is 10.1. The summed E-state index contributed by atoms with van der Waals surface area (Å²) in [7, 11) is -3.75. The smallest absolute Gasteiger partial charge is 0.319 e. The van der Waals surface area contributed by atoms with Crippen LogP contribution in [-0.2, 0) is 16.4 Å². The quantitative estimate of drug-likeness (QED) is 0.663. The minimum Gasteiger partial charge on any atom is -0.367 e. The third-order valence-corrected chi connectivity index (χ3v) is 5.58. The summed E-state index contributed by atoms with van der Waals surface area (Å²) in [5, 5.41) is 10.0. The molecule has 0 radical (unpaired) electrons. The number of nitrogens with zero attached hydrogens (tertiary/aromatic N) is 1. The van der Waals surface area contributed by atoms with Gasteiger partial charge >= 0.3 is 6.03 Å². The zero-order chi connectivity index (χ0) is 21.0. The zero-order valence-electron chi connectivity index (χ0n) is 15.6. The summed E-state index contributed by atoms with van der Waals surface area (Å²) in [6.45, 7) is 1.47. The maximum atomic E-state index is 14.3. The number of primary sulfonamides is 1. The van der Waals surface area contributed by atoms with Crippen LogP contribution in [0, 0.1) is 11.6 Å². The lowest BCUT2D eigenvalue weighted by molar-refractivity contribution is 0.252. The molecule has 2 aromatic rings. The van der Waals surface area contributed by atoms with Gasteiger partial charge < -0.3 is 15.5 Å². The van der Waals surface area contributed by atoms with Crippen LogP contribution in [0.5, 0.6) is 0 Å². The van der Waals surface area contributed by atoms with Crippen LogP contribution in [0.2, 0.25) is 0 Å². The van der Waals surface area contributed by atoms with Crippen molar-refractivity contribution in [2.24, 2.45) is 5.14 Å². The number of carbonyl (C=O) groups is 1. The molecule has 0 aromatic heterocycles. The van der Waals surface area contributed by atoms with Gasteiger partial charge in [-0.25, -0.2) is 27.1 Å². The van der Waals surface area contributed by atoms with Crippen molar-refractivity contribution in [3.63, 3.8) is 0 Å². The molecule has 1 saturated heterocycles. The Morgan fingerprint density at radius 2 is 1.66 bits per heavy atom. The van der Waals surface area contributed by atoms with Crippen molar-refractivity contribution in [2.45, 2.75) is 24.2 Å². The van der Waals surface area contributed by atoms with E-state index in [9.17, 15) is 22.0 Å². The van der Waals surface area contributed by atoms with Gasteiger partial charge in [-0.3, -0.25) is 0 Å². The highest BCUT2D eigenvalue weighted by Crippen LogP contribution is 2.29. The van der Waals surface area contributed by atoms with E-state index in [0.717, 1.165) is 30.5 Å². The van der Waals surface area contributed by atoms with E-state index in [-0.39, 0.29) is 22.8 Å². The summed E-state index contributed by atoms with van der Waals surface area (Å²) in [6.07, 6.45) is 2.23. The maximum absolute atomic E-state index is 14.3. The number of amides is 2. The van der Waals surface area contributed by atoms with Gasteiger partial charge in [0.2, 0.25) is 10.0 Å². The predicted molar refractivity (Wildman–Crippen MR) is 106 cm³/mol. The first-order valence-corrected chi connectivity index (χ1v) is 10.7. The lowest BCUT2D eigenvalue weighted by Gasteiger charge is -2.20. The van der Waals surface area contributed by atoms with E-state index >= 15 is 0 Å². The number of hydrogen-bond donors (Lipinski definition) is 3. The second kappa shape index (κ2) is 8.75. The van der Waals surface area contributed by atoms with Crippen LogP contribution >= 0.6 is 0 Å². The molecule has 1 aliphatic heterocycles. The molecule has 2 amide bonds. The van der Waals surface area contributed by atoms with Crippen molar-refractivity contribution in [1.82, 2.24) is 5.32 Å². The van der Waals surface area contributed by atoms with Gasteiger partial charge in [0.05, 0.1) is 4.90 Å². The van der Waals surface area contributed by atoms with E-state index in [0.29, 0.717) is 19.5 Å². The first-order valence-electron chi connectivity index (χ1n) is 9.14. The van der Waals surface area contributed by atoms with Crippen molar-refractivity contribution in [1.29, 1.82) is 0 Å². The summed E-state index contributed by atoms with van der Waals surface area (Å²) in [4.78, 5) is 13.6. The molecule has 0 atom stereocenters. The van der Waals surface area contributed by atoms with Crippen LogP contribution in [0.25, 0.3) is 0 Å². The van der Waals surface area contributed by atoms with Crippen LogP contribution in [-0.4, -0.2) is 34.1 Å². The molecule has 0 aliphatic carbocycles. The molecule has 1 aliphatic rings. The standard InChI is InChI=1S/C19H22F2N4O3S/c20-16-11-14(12-17(21)18(16)25-9-1-2-10-25)24-19(26)23-8-7-13-3-5-15(6-4-13)29(22,27)28/h3-6,11-12H,1-2,7-10H2,(H2,22,27,28)(H2,23,24,26). The summed E-state index contributed by atoms with van der Waals surface area (Å²) in [5.74, 6) is -1.42. The van der Waals surface area contributed by atoms with Gasteiger partial charge in [0.1, 0.15) is 5.69 Å². The fraction of sp³-hybridized carbons (Fsp3) is 0.316. The van der Waals surface area contributed by atoms with Gasteiger partial charge in [-0.2, -0.15) is 0 Å². The molecule has 7 nitrogen and oxygen atoms in total. The van der Waals surface area contributed by atoms with Gasteiger partial charge in [0, 0.05) is 25.3 Å². The molecule has 0 saturated carbocycles. The average Bonchev–Trinajstić information content (AvgIpc) is 3.15. The SMILES string of the molecule is NS(=O)(=O)c1ccc(CCNC(=O)Nc2cc(F)c(N3CCCC3)c(F)c2)cc1. The highest BCUT2D eigenvalue weighted by molar-refractivity contribution is 7.89. The Labute approximate surface area is 167 Å². The number of benzene rings is 2. The molecule has 4 N–H and O–H groups in total. The van der Waals surface area contributed by atoms with Crippen molar-refractivity contribution in [2.75, 3.05) is 29.9 Å². The molecular weight excluding hydrogens is 402 g/mol. The molecular formula is C19H22F2N4O3S. The second-order valence-electron chi connectivity index (χ2n) is 6.80. The van der Waals surface area contributed by atoms with Crippen LogP contribution in [0.15, 0.2) is 41.3 Å². The largest absolute Gasteiger partial charge is 0.367 e. The molecule has 29 heavy (non-hydrogen) atoms. The third kappa shape index (κ3) is 5.42. The minimum absolute atomic E-state index is 0.00776. The van der Waals surface area contributed by atoms with Crippen LogP contribution in [0.1, 0.15) is 18.4 Å². The average molecular weight is 424 g/mol. The summed E-state index contributed by atoms with van der Waals surface area (Å²) in [6, 6.07) is 7.57. The fourth-order valence-corrected chi connectivity index (χ4v) is 3.74. The number of carbonyl (C=O) groups excluding carboxylic acids is 1. The van der Waals surface area contributed by atoms with Gasteiger partial charge in [0.15, 0.2) is 11.6 Å². The van der Waals surface area contributed by atoms with Crippen molar-refractivity contribution in [3.8, 4) is 0 Å². The molecule has 156 valence electrons. The number of hydrogen-bond acceptors (Lipinski definition) is 4. The van der Waals surface area contributed by atoms with Crippen molar-refractivity contribution < 1.29 is 22.0 Å². The number of urea groups is 1. The number of nitrogens with one attached hydrogen (secondary N) is 2. The molecule has 1 heterocycles. The second-order valence-corrected chi connectivity index (χ2v) is 8.36. The predicted octanol–water partition coefficient (Wildman–Crippen LogP) is 2.58. The van der Waals surface area contributed by atoms with E-state index in [1.165, 1.54) is 12.1 Å². The molecule has 10 heteroatoms. The molecule has 0 spiro atoms. The topological polar surface area (TPSA) is 105 Å². The number of nitrogens with two attached hydrogens (primary N) is 1. The highest BCUT2D eigenvalue weighted by Gasteiger charge is 2.21.